The highest BCUT2D eigenvalue weighted by atomic mass is 16.4. The van der Waals surface area contributed by atoms with Gasteiger partial charge in [0.15, 0.2) is 5.56 Å². The van der Waals surface area contributed by atoms with Crippen LogP contribution in [0, 0.1) is 0 Å². The van der Waals surface area contributed by atoms with Gasteiger partial charge in [0.05, 0.1) is 0 Å². The molecule has 86 valence electrons. The molecule has 1 aromatic rings. The van der Waals surface area contributed by atoms with Crippen molar-refractivity contribution in [1.82, 2.24) is 4.57 Å². The number of hydrogen-bond acceptors (Lipinski definition) is 3. The number of nitrogens with zero attached hydrogens (tertiary/aromatic N) is 1. The minimum Gasteiger partial charge on any atom is -0.506 e. The molecule has 0 fully saturated rings. The van der Waals surface area contributed by atoms with Crippen LogP contribution in [0.4, 0.5) is 0 Å². The number of carboxylic acid groups (broad SMARTS) is 1. The summed E-state index contributed by atoms with van der Waals surface area (Å²) in [6.45, 7) is 1.92. The summed E-state index contributed by atoms with van der Waals surface area (Å²) in [7, 11) is 1.55. The topological polar surface area (TPSA) is 79.5 Å². The largest absolute Gasteiger partial charge is 0.506 e. The monoisotopic (exact) mass is 223 g/mol. The lowest BCUT2D eigenvalue weighted by atomic mass is 10.0. The number of carboxylic acids is 1. The molecule has 2 N–H and O–H groups in total. The molecule has 0 unspecified atom stereocenters. The Kier molecular flexibility index (Phi) is 2.26. The van der Waals surface area contributed by atoms with E-state index in [0.717, 1.165) is 12.1 Å². The third-order valence-electron chi connectivity index (χ3n) is 3.25. The maximum Gasteiger partial charge on any atom is 0.345 e. The number of aromatic hydroxyl groups is 1. The Morgan fingerprint density at radius 1 is 1.50 bits per heavy atom. The molecular weight excluding hydrogens is 210 g/mol. The van der Waals surface area contributed by atoms with E-state index < -0.39 is 17.1 Å². The standard InChI is InChI=1S/C11H13NO4/c1-5-3-4-6-7(5)9(13)8(11(15)16)10(14)12(6)2/h5,13H,3-4H2,1-2H3,(H,15,16)/t5-/m1/s1. The third-order valence-corrected chi connectivity index (χ3v) is 3.25. The Bertz CT molecular complexity index is 530. The van der Waals surface area contributed by atoms with Crippen LogP contribution in [0.2, 0.25) is 0 Å². The second-order valence-electron chi connectivity index (χ2n) is 4.19. The minimum absolute atomic E-state index is 0.0971. The van der Waals surface area contributed by atoms with Gasteiger partial charge in [0, 0.05) is 18.3 Å². The molecule has 0 aromatic carbocycles. The second kappa shape index (κ2) is 3.37. The van der Waals surface area contributed by atoms with E-state index in [9.17, 15) is 14.7 Å². The fourth-order valence-electron chi connectivity index (χ4n) is 2.35. The number of hydrogen-bond donors (Lipinski definition) is 2. The van der Waals surface area contributed by atoms with E-state index in [0.29, 0.717) is 12.0 Å². The van der Waals surface area contributed by atoms with Gasteiger partial charge in [-0.2, -0.15) is 0 Å². The fourth-order valence-corrected chi connectivity index (χ4v) is 2.35. The predicted molar refractivity (Wildman–Crippen MR) is 57.0 cm³/mol. The van der Waals surface area contributed by atoms with Crippen LogP contribution >= 0.6 is 0 Å². The molecule has 1 aromatic heterocycles. The van der Waals surface area contributed by atoms with Crippen molar-refractivity contribution in [3.63, 3.8) is 0 Å². The Balaban J connectivity index is 2.87. The van der Waals surface area contributed by atoms with E-state index in [1.54, 1.807) is 7.05 Å². The van der Waals surface area contributed by atoms with Crippen molar-refractivity contribution in [1.29, 1.82) is 0 Å². The lowest BCUT2D eigenvalue weighted by molar-refractivity contribution is 0.0690. The third kappa shape index (κ3) is 1.24. The molecular formula is C11H13NO4. The molecule has 0 aliphatic heterocycles. The molecule has 0 saturated carbocycles. The number of rotatable bonds is 1. The van der Waals surface area contributed by atoms with Crippen molar-refractivity contribution < 1.29 is 15.0 Å². The van der Waals surface area contributed by atoms with Gasteiger partial charge in [0.2, 0.25) is 0 Å². The van der Waals surface area contributed by atoms with E-state index in [1.165, 1.54) is 4.57 Å². The lowest BCUT2D eigenvalue weighted by Crippen LogP contribution is -2.27. The SMILES string of the molecule is C[C@@H]1CCc2c1c(O)c(C(=O)O)c(=O)n2C. The number of aromatic nitrogens is 1. The molecule has 16 heavy (non-hydrogen) atoms. The summed E-state index contributed by atoms with van der Waals surface area (Å²) in [5.41, 5.74) is 0.201. The summed E-state index contributed by atoms with van der Waals surface area (Å²) in [6.07, 6.45) is 1.54. The fraction of sp³-hybridized carbons (Fsp3) is 0.455. The predicted octanol–water partition coefficient (Wildman–Crippen LogP) is 0.839. The van der Waals surface area contributed by atoms with Crippen molar-refractivity contribution in [2.24, 2.45) is 7.05 Å². The molecule has 1 aliphatic carbocycles. The van der Waals surface area contributed by atoms with Crippen molar-refractivity contribution in [2.75, 3.05) is 0 Å². The maximum absolute atomic E-state index is 11.7. The summed E-state index contributed by atoms with van der Waals surface area (Å²) < 4.78 is 1.34. The smallest absolute Gasteiger partial charge is 0.345 e. The van der Waals surface area contributed by atoms with E-state index in [2.05, 4.69) is 0 Å². The van der Waals surface area contributed by atoms with Gasteiger partial charge >= 0.3 is 5.97 Å². The van der Waals surface area contributed by atoms with E-state index in [-0.39, 0.29) is 11.7 Å². The van der Waals surface area contributed by atoms with Crippen LogP contribution in [0.25, 0.3) is 0 Å². The first-order chi connectivity index (χ1) is 7.45. The average Bonchev–Trinajstić information content (AvgIpc) is 2.57. The molecule has 1 heterocycles. The van der Waals surface area contributed by atoms with E-state index in [1.807, 2.05) is 6.92 Å². The first kappa shape index (κ1) is 10.7. The average molecular weight is 223 g/mol. The second-order valence-corrected chi connectivity index (χ2v) is 4.19. The highest BCUT2D eigenvalue weighted by molar-refractivity contribution is 5.91. The van der Waals surface area contributed by atoms with Crippen LogP contribution in [-0.2, 0) is 13.5 Å². The minimum atomic E-state index is -1.37. The van der Waals surface area contributed by atoms with Crippen LogP contribution in [-0.4, -0.2) is 20.7 Å². The Hall–Kier alpha value is -1.78. The van der Waals surface area contributed by atoms with Gasteiger partial charge in [-0.05, 0) is 18.8 Å². The number of fused-ring (bicyclic) bond motifs is 1. The molecule has 0 radical (unpaired) electrons. The first-order valence-electron chi connectivity index (χ1n) is 5.13. The Morgan fingerprint density at radius 3 is 2.69 bits per heavy atom. The van der Waals surface area contributed by atoms with Gasteiger partial charge in [-0.3, -0.25) is 4.79 Å². The summed E-state index contributed by atoms with van der Waals surface area (Å²) in [4.78, 5) is 22.6. The quantitative estimate of drug-likeness (QED) is 0.739. The van der Waals surface area contributed by atoms with Crippen LogP contribution in [0.15, 0.2) is 4.79 Å². The summed E-state index contributed by atoms with van der Waals surface area (Å²) in [5, 5.41) is 18.8. The zero-order valence-corrected chi connectivity index (χ0v) is 9.15. The van der Waals surface area contributed by atoms with Gasteiger partial charge in [0.1, 0.15) is 5.75 Å². The van der Waals surface area contributed by atoms with Crippen molar-refractivity contribution in [3.05, 3.63) is 27.2 Å². The maximum atomic E-state index is 11.7. The number of carbonyl (C=O) groups is 1. The molecule has 2 rings (SSSR count). The zero-order valence-electron chi connectivity index (χ0n) is 9.15. The van der Waals surface area contributed by atoms with Crippen LogP contribution in [0.3, 0.4) is 0 Å². The lowest BCUT2D eigenvalue weighted by Gasteiger charge is -2.13. The summed E-state index contributed by atoms with van der Waals surface area (Å²) >= 11 is 0. The van der Waals surface area contributed by atoms with E-state index >= 15 is 0 Å². The molecule has 0 bridgehead atoms. The summed E-state index contributed by atoms with van der Waals surface area (Å²) in [5.74, 6) is -1.63. The van der Waals surface area contributed by atoms with Gasteiger partial charge in [-0.15, -0.1) is 0 Å². The Morgan fingerprint density at radius 2 is 2.12 bits per heavy atom. The van der Waals surface area contributed by atoms with Crippen LogP contribution in [0.1, 0.15) is 40.9 Å². The van der Waals surface area contributed by atoms with Crippen molar-refractivity contribution in [3.8, 4) is 5.75 Å². The zero-order chi connectivity index (χ0) is 12.0. The van der Waals surface area contributed by atoms with Crippen molar-refractivity contribution >= 4 is 5.97 Å². The Labute approximate surface area is 92.0 Å². The highest BCUT2D eigenvalue weighted by Gasteiger charge is 2.30. The van der Waals surface area contributed by atoms with Crippen LogP contribution in [0.5, 0.6) is 5.75 Å². The molecule has 0 saturated heterocycles. The molecule has 1 atom stereocenters. The van der Waals surface area contributed by atoms with Gasteiger partial charge in [0.25, 0.3) is 5.56 Å². The molecule has 5 heteroatoms. The molecule has 0 amide bonds. The van der Waals surface area contributed by atoms with Crippen LogP contribution < -0.4 is 5.56 Å². The van der Waals surface area contributed by atoms with Gasteiger partial charge in [-0.1, -0.05) is 6.92 Å². The number of aromatic carboxylic acids is 1. The van der Waals surface area contributed by atoms with Gasteiger partial charge < -0.3 is 14.8 Å². The summed E-state index contributed by atoms with van der Waals surface area (Å²) in [6, 6.07) is 0. The van der Waals surface area contributed by atoms with E-state index in [4.69, 9.17) is 5.11 Å². The molecule has 0 spiro atoms. The first-order valence-corrected chi connectivity index (χ1v) is 5.13. The van der Waals surface area contributed by atoms with Gasteiger partial charge in [-0.25, -0.2) is 4.79 Å². The molecule has 5 nitrogen and oxygen atoms in total. The molecule has 1 aliphatic rings. The normalized spacial score (nSPS) is 18.5. The highest BCUT2D eigenvalue weighted by Crippen LogP contribution is 2.38. The van der Waals surface area contributed by atoms with Crippen molar-refractivity contribution in [2.45, 2.75) is 25.7 Å². The number of pyridine rings is 1.